The van der Waals surface area contributed by atoms with Crippen LogP contribution in [0.4, 0.5) is 0 Å². The number of carbonyl (C=O) groups is 1. The van der Waals surface area contributed by atoms with Crippen molar-refractivity contribution in [2.75, 3.05) is 0 Å². The van der Waals surface area contributed by atoms with Crippen LogP contribution in [0.2, 0.25) is 0 Å². The van der Waals surface area contributed by atoms with Gasteiger partial charge >= 0.3 is 0 Å². The van der Waals surface area contributed by atoms with Crippen LogP contribution in [0.3, 0.4) is 0 Å². The highest BCUT2D eigenvalue weighted by Crippen LogP contribution is 2.29. The molecule has 78 valence electrons. The fourth-order valence-electron chi connectivity index (χ4n) is 0.989. The highest BCUT2D eigenvalue weighted by Gasteiger charge is 2.20. The molecule has 1 aromatic heterocycles. The predicted octanol–water partition coefficient (Wildman–Crippen LogP) is 2.58. The van der Waals surface area contributed by atoms with Crippen molar-refractivity contribution in [3.05, 3.63) is 25.0 Å². The average molecular weight is 399 g/mol. The largest absolute Gasteiger partial charge is 0.450 e. The van der Waals surface area contributed by atoms with E-state index in [-0.39, 0.29) is 11.1 Å². The quantitative estimate of drug-likeness (QED) is 0.583. The third-order valence-electron chi connectivity index (χ3n) is 1.57. The fourth-order valence-corrected chi connectivity index (χ4v) is 2.37. The summed E-state index contributed by atoms with van der Waals surface area (Å²) in [7, 11) is 0. The summed E-state index contributed by atoms with van der Waals surface area (Å²) in [5, 5.41) is 0.270. The van der Waals surface area contributed by atoms with Crippen molar-refractivity contribution in [1.29, 1.82) is 0 Å². The maximum atomic E-state index is 11.3. The van der Waals surface area contributed by atoms with E-state index in [4.69, 9.17) is 10.2 Å². The monoisotopic (exact) mass is 398 g/mol. The van der Waals surface area contributed by atoms with E-state index in [2.05, 4.69) is 43.5 Å². The lowest BCUT2D eigenvalue weighted by molar-refractivity contribution is -0.113. The molecule has 7 heteroatoms. The van der Waals surface area contributed by atoms with Gasteiger partial charge in [-0.1, -0.05) is 0 Å². The number of furan rings is 1. The van der Waals surface area contributed by atoms with Gasteiger partial charge in [0.25, 0.3) is 5.91 Å². The second kappa shape index (κ2) is 4.30. The first-order chi connectivity index (χ1) is 7.06. The smallest absolute Gasteiger partial charge is 0.286 e. The highest BCUT2D eigenvalue weighted by molar-refractivity contribution is 14.1. The minimum atomic E-state index is -0.319. The summed E-state index contributed by atoms with van der Waals surface area (Å²) >= 11 is 6.52. The maximum absolute atomic E-state index is 11.3. The van der Waals surface area contributed by atoms with Crippen LogP contribution < -0.4 is 5.73 Å². The van der Waals surface area contributed by atoms with Gasteiger partial charge in [-0.25, -0.2) is 0 Å². The van der Waals surface area contributed by atoms with E-state index in [0.717, 1.165) is 20.0 Å². The lowest BCUT2D eigenvalue weighted by atomic mass is 10.4. The minimum Gasteiger partial charge on any atom is -0.450 e. The molecule has 0 unspecified atom stereocenters. The maximum Gasteiger partial charge on any atom is 0.286 e. The minimum absolute atomic E-state index is 0.270. The molecule has 15 heavy (non-hydrogen) atoms. The van der Waals surface area contributed by atoms with Crippen LogP contribution in [-0.4, -0.2) is 11.1 Å². The molecule has 1 aromatic rings. The zero-order valence-corrected chi connectivity index (χ0v) is 11.7. The molecule has 1 aliphatic rings. The Hall–Kier alpha value is -0.280. The molecule has 1 aliphatic heterocycles. The number of amides is 1. The summed E-state index contributed by atoms with van der Waals surface area (Å²) in [4.78, 5) is 15.3. The lowest BCUT2D eigenvalue weighted by Gasteiger charge is -1.89. The summed E-state index contributed by atoms with van der Waals surface area (Å²) < 4.78 is 6.97. The fraction of sp³-hybridized carbons (Fsp3) is 0. The first-order valence-corrected chi connectivity index (χ1v) is 6.48. The molecule has 2 N–H and O–H groups in total. The van der Waals surface area contributed by atoms with Crippen LogP contribution in [0.25, 0.3) is 6.08 Å². The number of aliphatic imine (C=N–C) groups is 1. The molecule has 4 nitrogen and oxygen atoms in total. The second-order valence-corrected chi connectivity index (χ2v) is 5.53. The van der Waals surface area contributed by atoms with Crippen LogP contribution in [0.1, 0.15) is 5.76 Å². The third-order valence-corrected chi connectivity index (χ3v) is 4.52. The number of amidine groups is 1. The van der Waals surface area contributed by atoms with Crippen LogP contribution in [0.15, 0.2) is 24.9 Å². The van der Waals surface area contributed by atoms with Gasteiger partial charge in [0, 0.05) is 28.7 Å². The standard InChI is InChI=1S/C8H4BrIN2O2S/c9-4-1-3(14-6(4)10)2-5-7(13)12-8(11)15-5/h1-2H,(H2,11,12,13)/b5-2-. The molecule has 2 heterocycles. The van der Waals surface area contributed by atoms with E-state index in [1.165, 1.54) is 0 Å². The van der Waals surface area contributed by atoms with Gasteiger partial charge in [0.1, 0.15) is 5.76 Å². The molecule has 0 aliphatic carbocycles. The number of nitrogens with two attached hydrogens (primary N) is 1. The Morgan fingerprint density at radius 2 is 2.40 bits per heavy atom. The Kier molecular flexibility index (Phi) is 3.21. The highest BCUT2D eigenvalue weighted by atomic mass is 127. The molecule has 0 bridgehead atoms. The molecule has 0 atom stereocenters. The lowest BCUT2D eigenvalue weighted by Crippen LogP contribution is -2.01. The Labute approximate surface area is 112 Å². The van der Waals surface area contributed by atoms with Crippen molar-refractivity contribution in [1.82, 2.24) is 0 Å². The molecular weight excluding hydrogens is 395 g/mol. The Morgan fingerprint density at radius 1 is 1.67 bits per heavy atom. The number of hydrogen-bond acceptors (Lipinski definition) is 4. The van der Waals surface area contributed by atoms with Gasteiger partial charge in [0.05, 0.1) is 9.38 Å². The zero-order chi connectivity index (χ0) is 11.0. The van der Waals surface area contributed by atoms with Crippen molar-refractivity contribution < 1.29 is 9.21 Å². The molecule has 0 saturated carbocycles. The first-order valence-electron chi connectivity index (χ1n) is 3.79. The predicted molar refractivity (Wildman–Crippen MR) is 71.3 cm³/mol. The average Bonchev–Trinajstić information content (AvgIpc) is 2.59. The van der Waals surface area contributed by atoms with Crippen molar-refractivity contribution in [3.63, 3.8) is 0 Å². The van der Waals surface area contributed by atoms with Crippen molar-refractivity contribution >= 4 is 67.4 Å². The Bertz CT molecular complexity index is 475. The number of rotatable bonds is 1. The van der Waals surface area contributed by atoms with Crippen LogP contribution >= 0.6 is 50.3 Å². The van der Waals surface area contributed by atoms with Gasteiger partial charge in [0.2, 0.25) is 0 Å². The normalized spacial score (nSPS) is 18.7. The van der Waals surface area contributed by atoms with E-state index in [0.29, 0.717) is 10.7 Å². The van der Waals surface area contributed by atoms with E-state index >= 15 is 0 Å². The summed E-state index contributed by atoms with van der Waals surface area (Å²) in [6.45, 7) is 0. The topological polar surface area (TPSA) is 68.6 Å². The van der Waals surface area contributed by atoms with E-state index < -0.39 is 0 Å². The third kappa shape index (κ3) is 2.45. The molecule has 1 amide bonds. The van der Waals surface area contributed by atoms with Crippen LogP contribution in [-0.2, 0) is 4.79 Å². The Morgan fingerprint density at radius 3 is 2.87 bits per heavy atom. The van der Waals surface area contributed by atoms with Gasteiger partial charge in [-0.3, -0.25) is 4.79 Å². The van der Waals surface area contributed by atoms with Crippen LogP contribution in [0.5, 0.6) is 0 Å². The van der Waals surface area contributed by atoms with Gasteiger partial charge in [0.15, 0.2) is 8.93 Å². The molecule has 0 spiro atoms. The van der Waals surface area contributed by atoms with Gasteiger partial charge in [-0.15, -0.1) is 0 Å². The Balaban J connectivity index is 2.29. The molecule has 2 rings (SSSR count). The SMILES string of the molecule is NC1=NC(=O)/C(=C/c2cc(Br)c(I)o2)S1. The van der Waals surface area contributed by atoms with Crippen molar-refractivity contribution in [2.45, 2.75) is 0 Å². The number of carbonyl (C=O) groups excluding carboxylic acids is 1. The number of halogens is 2. The van der Waals surface area contributed by atoms with E-state index in [1.54, 1.807) is 12.1 Å². The molecule has 0 radical (unpaired) electrons. The van der Waals surface area contributed by atoms with Crippen LogP contribution in [0, 0.1) is 3.77 Å². The summed E-state index contributed by atoms with van der Waals surface area (Å²) in [5.74, 6) is 0.284. The number of thioether (sulfide) groups is 1. The molecule has 0 aromatic carbocycles. The van der Waals surface area contributed by atoms with E-state index in [1.807, 2.05) is 0 Å². The number of nitrogens with zero attached hydrogens (tertiary/aromatic N) is 1. The number of hydrogen-bond donors (Lipinski definition) is 1. The molecular formula is C8H4BrIN2O2S. The van der Waals surface area contributed by atoms with Gasteiger partial charge in [-0.05, 0) is 33.8 Å². The molecule has 0 fully saturated rings. The van der Waals surface area contributed by atoms with E-state index in [9.17, 15) is 4.79 Å². The van der Waals surface area contributed by atoms with Gasteiger partial charge in [-0.2, -0.15) is 4.99 Å². The molecule has 0 saturated heterocycles. The summed E-state index contributed by atoms with van der Waals surface area (Å²) in [6, 6.07) is 1.79. The summed E-state index contributed by atoms with van der Waals surface area (Å²) in [6.07, 6.45) is 1.63. The first kappa shape index (κ1) is 11.2. The summed E-state index contributed by atoms with van der Waals surface area (Å²) in [5.41, 5.74) is 5.41. The van der Waals surface area contributed by atoms with Crippen molar-refractivity contribution in [2.24, 2.45) is 10.7 Å². The van der Waals surface area contributed by atoms with Crippen molar-refractivity contribution in [3.8, 4) is 0 Å². The zero-order valence-electron chi connectivity index (χ0n) is 7.16. The van der Waals surface area contributed by atoms with Gasteiger partial charge < -0.3 is 10.2 Å². The second-order valence-electron chi connectivity index (χ2n) is 2.64.